The van der Waals surface area contributed by atoms with E-state index < -0.39 is 0 Å². The SMILES string of the molecule is c1ccc(-c2ccc(N(c3ccc(-c4ccc(-c5ccccc5)s4)cc3)c3ccc(-c4ccc(-c5ccccc5)s4)cc3)cc2)cc1.c1ccc2cc(-c3ccc(N(c4ccc(-c5ccc6ccccc6c5)cc4)c4cc5ccccc5c5ccccc45)cc3)ccc2c1. The van der Waals surface area contributed by atoms with Crippen LogP contribution in [0.2, 0.25) is 0 Å². The van der Waals surface area contributed by atoms with Gasteiger partial charge in [-0.1, -0.05) is 273 Å². The number of rotatable bonds is 13. The highest BCUT2D eigenvalue weighted by Crippen LogP contribution is 2.45. The molecule has 0 bridgehead atoms. The molecule has 0 radical (unpaired) electrons. The van der Waals surface area contributed by atoms with Gasteiger partial charge in [0.05, 0.1) is 5.69 Å². The zero-order valence-electron chi connectivity index (χ0n) is 51.5. The number of anilines is 6. The molecule has 0 aliphatic heterocycles. The van der Waals surface area contributed by atoms with Gasteiger partial charge in [-0.2, -0.15) is 0 Å². The zero-order valence-corrected chi connectivity index (χ0v) is 53.1. The fourth-order valence-electron chi connectivity index (χ4n) is 12.9. The summed E-state index contributed by atoms with van der Waals surface area (Å²) in [6.45, 7) is 0. The third kappa shape index (κ3) is 11.9. The first-order valence-corrected chi connectivity index (χ1v) is 33.6. The molecule has 2 nitrogen and oxygen atoms in total. The minimum atomic E-state index is 1.12. The lowest BCUT2D eigenvalue weighted by atomic mass is 9.98. The molecule has 15 aromatic carbocycles. The predicted molar refractivity (Wildman–Crippen MR) is 406 cm³/mol. The Balaban J connectivity index is 0.000000149. The Hall–Kier alpha value is -11.7. The first-order chi connectivity index (χ1) is 46.6. The molecule has 0 spiro atoms. The number of nitrogens with zero attached hydrogens (tertiary/aromatic N) is 2. The molecule has 2 aromatic heterocycles. The summed E-state index contributed by atoms with van der Waals surface area (Å²) in [5.41, 5.74) is 19.0. The molecular weight excluding hydrogens is 1170 g/mol. The van der Waals surface area contributed by atoms with E-state index in [1.807, 2.05) is 22.7 Å². The predicted octanol–water partition coefficient (Wildman–Crippen LogP) is 26.7. The van der Waals surface area contributed by atoms with E-state index in [0.717, 1.165) is 34.1 Å². The second-order valence-corrected chi connectivity index (χ2v) is 25.8. The van der Waals surface area contributed by atoms with Gasteiger partial charge in [-0.05, 0) is 196 Å². The van der Waals surface area contributed by atoms with Crippen molar-refractivity contribution in [3.05, 3.63) is 376 Å². The second-order valence-electron chi connectivity index (χ2n) is 23.6. The topological polar surface area (TPSA) is 6.48 Å². The molecule has 0 unspecified atom stereocenters. The lowest BCUT2D eigenvalue weighted by molar-refractivity contribution is 1.28. The summed E-state index contributed by atoms with van der Waals surface area (Å²) in [5, 5.41) is 10.0. The summed E-state index contributed by atoms with van der Waals surface area (Å²) in [4.78, 5) is 9.85. The van der Waals surface area contributed by atoms with E-state index >= 15 is 0 Å². The van der Waals surface area contributed by atoms with Gasteiger partial charge in [0.2, 0.25) is 0 Å². The Labute approximate surface area is 557 Å². The van der Waals surface area contributed by atoms with Crippen molar-refractivity contribution < 1.29 is 0 Å². The molecule has 2 heterocycles. The van der Waals surface area contributed by atoms with Gasteiger partial charge in [0.15, 0.2) is 0 Å². The van der Waals surface area contributed by atoms with Crippen molar-refractivity contribution in [3.8, 4) is 75.1 Å². The number of hydrogen-bond donors (Lipinski definition) is 0. The fourth-order valence-corrected chi connectivity index (χ4v) is 15.0. The molecule has 0 aliphatic rings. The van der Waals surface area contributed by atoms with Crippen molar-refractivity contribution >= 4 is 99.9 Å². The monoisotopic (exact) mass is 1230 g/mol. The Morgan fingerprint density at radius 3 is 0.851 bits per heavy atom. The van der Waals surface area contributed by atoms with Gasteiger partial charge in [-0.25, -0.2) is 0 Å². The van der Waals surface area contributed by atoms with E-state index in [-0.39, 0.29) is 0 Å². The minimum Gasteiger partial charge on any atom is -0.311 e. The van der Waals surface area contributed by atoms with E-state index in [2.05, 4.69) is 386 Å². The number of benzene rings is 15. The van der Waals surface area contributed by atoms with Crippen LogP contribution in [0.5, 0.6) is 0 Å². The van der Waals surface area contributed by atoms with E-state index in [1.165, 1.54) is 118 Å². The van der Waals surface area contributed by atoms with Gasteiger partial charge in [0.25, 0.3) is 0 Å². The van der Waals surface area contributed by atoms with Crippen LogP contribution in [0.4, 0.5) is 34.1 Å². The van der Waals surface area contributed by atoms with Gasteiger partial charge in [0, 0.05) is 53.3 Å². The van der Waals surface area contributed by atoms with Crippen LogP contribution in [0.1, 0.15) is 0 Å². The number of fused-ring (bicyclic) bond motifs is 5. The van der Waals surface area contributed by atoms with Crippen molar-refractivity contribution in [1.29, 1.82) is 0 Å². The molecule has 4 heteroatoms. The largest absolute Gasteiger partial charge is 0.311 e. The molecule has 0 N–H and O–H groups in total. The molecule has 94 heavy (non-hydrogen) atoms. The zero-order chi connectivity index (χ0) is 62.6. The van der Waals surface area contributed by atoms with E-state index in [0.29, 0.717) is 0 Å². The van der Waals surface area contributed by atoms with Crippen molar-refractivity contribution in [2.24, 2.45) is 0 Å². The smallest absolute Gasteiger partial charge is 0.0546 e. The molecule has 0 saturated heterocycles. The van der Waals surface area contributed by atoms with Crippen molar-refractivity contribution in [2.75, 3.05) is 9.80 Å². The standard InChI is InChI=1S/C46H31N.C44H31NS2/c1-3-11-36-29-38(19-17-32(36)9-1)34-21-25-41(26-22-34)47(46-31-40-13-5-6-14-43(40)44-15-7-8-16-45(44)46)42-27-23-35(24-28-42)39-20-18-33-10-2-4-12-37(33)30-39;1-4-10-32(11-5-1)33-16-22-38(23-17-33)45(39-24-18-36(19-25-39)43-30-28-41(46-43)34-12-6-2-7-13-34)40-26-20-37(21-27-40)44-31-29-42(47-44)35-14-8-3-9-15-35/h2*1-31H. The van der Waals surface area contributed by atoms with Gasteiger partial charge < -0.3 is 9.80 Å². The summed E-state index contributed by atoms with van der Waals surface area (Å²) in [5.74, 6) is 0. The quantitative estimate of drug-likeness (QED) is 0.106. The molecule has 0 aliphatic carbocycles. The summed E-state index contributed by atoms with van der Waals surface area (Å²) >= 11 is 3.67. The van der Waals surface area contributed by atoms with Crippen LogP contribution >= 0.6 is 22.7 Å². The van der Waals surface area contributed by atoms with Gasteiger partial charge in [-0.3, -0.25) is 0 Å². The van der Waals surface area contributed by atoms with Crippen LogP contribution in [0, 0.1) is 0 Å². The van der Waals surface area contributed by atoms with E-state index in [9.17, 15) is 0 Å². The highest BCUT2D eigenvalue weighted by atomic mass is 32.1. The maximum atomic E-state index is 2.41. The molecule has 17 aromatic rings. The van der Waals surface area contributed by atoms with Crippen molar-refractivity contribution in [1.82, 2.24) is 0 Å². The van der Waals surface area contributed by atoms with Crippen LogP contribution < -0.4 is 9.80 Å². The van der Waals surface area contributed by atoms with Crippen LogP contribution in [0.3, 0.4) is 0 Å². The highest BCUT2D eigenvalue weighted by Gasteiger charge is 2.20. The first-order valence-electron chi connectivity index (χ1n) is 31.9. The molecule has 0 atom stereocenters. The Morgan fingerprint density at radius 1 is 0.160 bits per heavy atom. The van der Waals surface area contributed by atoms with Crippen molar-refractivity contribution in [3.63, 3.8) is 0 Å². The van der Waals surface area contributed by atoms with Gasteiger partial charge in [-0.15, -0.1) is 22.7 Å². The summed E-state index contributed by atoms with van der Waals surface area (Å²) in [7, 11) is 0. The fraction of sp³-hybridized carbons (Fsp3) is 0. The molecule has 0 fully saturated rings. The van der Waals surface area contributed by atoms with Crippen LogP contribution in [0.25, 0.3) is 118 Å². The van der Waals surface area contributed by atoms with E-state index in [1.54, 1.807) is 0 Å². The van der Waals surface area contributed by atoms with Crippen LogP contribution in [-0.2, 0) is 0 Å². The normalized spacial score (nSPS) is 11.2. The summed E-state index contributed by atoms with van der Waals surface area (Å²) in [6.07, 6.45) is 0. The maximum Gasteiger partial charge on any atom is 0.0546 e. The first kappa shape index (κ1) is 57.5. The average molecular weight is 1240 g/mol. The second kappa shape index (κ2) is 25.9. The summed E-state index contributed by atoms with van der Waals surface area (Å²) < 4.78 is 0. The van der Waals surface area contributed by atoms with Crippen molar-refractivity contribution in [2.45, 2.75) is 0 Å². The summed E-state index contributed by atoms with van der Waals surface area (Å²) in [6, 6.07) is 136. The molecule has 17 rings (SSSR count). The third-order valence-electron chi connectivity index (χ3n) is 17.8. The van der Waals surface area contributed by atoms with Gasteiger partial charge >= 0.3 is 0 Å². The van der Waals surface area contributed by atoms with Crippen LogP contribution in [-0.4, -0.2) is 0 Å². The Bertz CT molecular complexity index is 5200. The van der Waals surface area contributed by atoms with Gasteiger partial charge in [0.1, 0.15) is 0 Å². The molecule has 0 saturated carbocycles. The highest BCUT2D eigenvalue weighted by molar-refractivity contribution is 7.19. The third-order valence-corrected chi connectivity index (χ3v) is 20.2. The van der Waals surface area contributed by atoms with Crippen LogP contribution in [0.15, 0.2) is 376 Å². The Kier molecular flexibility index (Phi) is 15.8. The average Bonchev–Trinajstić information content (AvgIpc) is 1.16. The molecule has 444 valence electrons. The van der Waals surface area contributed by atoms with E-state index in [4.69, 9.17) is 0 Å². The molecule has 0 amide bonds. The number of thiophene rings is 2. The molecular formula is C90H62N2S2. The number of hydrogen-bond acceptors (Lipinski definition) is 4. The maximum absolute atomic E-state index is 2.41. The lowest BCUT2D eigenvalue weighted by Gasteiger charge is -2.28. The Morgan fingerprint density at radius 2 is 0.436 bits per heavy atom. The lowest BCUT2D eigenvalue weighted by Crippen LogP contribution is -2.10. The minimum absolute atomic E-state index is 1.12.